The number of phenolic OH excluding ortho intramolecular Hbond substituents is 1. The summed E-state index contributed by atoms with van der Waals surface area (Å²) in [5.74, 6) is -0.659. The molecule has 2 aromatic carbocycles. The van der Waals surface area contributed by atoms with Gasteiger partial charge in [-0.2, -0.15) is 0 Å². The van der Waals surface area contributed by atoms with Crippen molar-refractivity contribution >= 4 is 22.7 Å². The third kappa shape index (κ3) is 1.83. The number of carboxylic acids is 1. The molecule has 0 spiro atoms. The number of hydrogen-bond donors (Lipinski definition) is 4. The normalized spacial score (nSPS) is 10.8. The molecule has 0 bridgehead atoms. The van der Waals surface area contributed by atoms with E-state index < -0.39 is 5.97 Å². The van der Waals surface area contributed by atoms with Crippen molar-refractivity contribution in [2.75, 3.05) is 5.73 Å². The molecule has 100 valence electrons. The van der Waals surface area contributed by atoms with E-state index in [2.05, 4.69) is 9.97 Å². The molecular formula is C14H11N3O3. The number of imidazole rings is 1. The Kier molecular flexibility index (Phi) is 2.57. The number of fused-ring (bicyclic) bond motifs is 1. The maximum absolute atomic E-state index is 11.2. The van der Waals surface area contributed by atoms with Gasteiger partial charge < -0.3 is 20.9 Å². The molecule has 5 N–H and O–H groups in total. The number of phenols is 1. The van der Waals surface area contributed by atoms with Gasteiger partial charge in [-0.15, -0.1) is 0 Å². The van der Waals surface area contributed by atoms with Gasteiger partial charge in [-0.3, -0.25) is 0 Å². The molecule has 1 aromatic heterocycles. The lowest BCUT2D eigenvalue weighted by molar-refractivity contribution is 0.0699. The molecule has 0 radical (unpaired) electrons. The minimum atomic E-state index is -1.09. The number of aromatic carboxylic acids is 1. The average molecular weight is 269 g/mol. The van der Waals surface area contributed by atoms with Crippen molar-refractivity contribution in [3.63, 3.8) is 0 Å². The Hall–Kier alpha value is -3.02. The predicted octanol–water partition coefficient (Wildman–Crippen LogP) is 2.22. The van der Waals surface area contributed by atoms with E-state index in [0.29, 0.717) is 17.0 Å². The number of rotatable bonds is 2. The zero-order valence-corrected chi connectivity index (χ0v) is 10.3. The highest BCUT2D eigenvalue weighted by atomic mass is 16.4. The molecule has 0 amide bonds. The minimum absolute atomic E-state index is 0.0377. The summed E-state index contributed by atoms with van der Waals surface area (Å²) >= 11 is 0. The average Bonchev–Trinajstić information content (AvgIpc) is 2.85. The minimum Gasteiger partial charge on any atom is -0.506 e. The molecule has 0 fully saturated rings. The van der Waals surface area contributed by atoms with E-state index in [-0.39, 0.29) is 16.8 Å². The summed E-state index contributed by atoms with van der Waals surface area (Å²) in [7, 11) is 0. The van der Waals surface area contributed by atoms with Crippen molar-refractivity contribution in [3.05, 3.63) is 42.0 Å². The lowest BCUT2D eigenvalue weighted by atomic mass is 10.2. The van der Waals surface area contributed by atoms with Gasteiger partial charge in [0.1, 0.15) is 22.6 Å². The summed E-state index contributed by atoms with van der Waals surface area (Å²) in [6.45, 7) is 0. The zero-order chi connectivity index (χ0) is 14.3. The second kappa shape index (κ2) is 4.27. The Bertz CT molecular complexity index is 806. The summed E-state index contributed by atoms with van der Waals surface area (Å²) < 4.78 is 0. The van der Waals surface area contributed by atoms with Crippen molar-refractivity contribution < 1.29 is 15.0 Å². The molecule has 6 heteroatoms. The number of aromatic amines is 1. The first-order valence-corrected chi connectivity index (χ1v) is 5.87. The Balaban J connectivity index is 2.24. The van der Waals surface area contributed by atoms with Crippen LogP contribution < -0.4 is 5.73 Å². The summed E-state index contributed by atoms with van der Waals surface area (Å²) in [5, 5.41) is 18.9. The van der Waals surface area contributed by atoms with Crippen molar-refractivity contribution in [1.29, 1.82) is 0 Å². The lowest BCUT2D eigenvalue weighted by Crippen LogP contribution is -1.97. The van der Waals surface area contributed by atoms with E-state index in [1.807, 2.05) is 0 Å². The molecule has 0 aliphatic rings. The van der Waals surface area contributed by atoms with Crippen molar-refractivity contribution in [2.45, 2.75) is 0 Å². The van der Waals surface area contributed by atoms with Crippen LogP contribution >= 0.6 is 0 Å². The summed E-state index contributed by atoms with van der Waals surface area (Å²) in [6, 6.07) is 9.64. The monoisotopic (exact) mass is 269 g/mol. The fourth-order valence-electron chi connectivity index (χ4n) is 2.03. The number of benzene rings is 2. The molecule has 0 aliphatic carbocycles. The maximum Gasteiger partial charge on any atom is 0.337 e. The van der Waals surface area contributed by atoms with Crippen LogP contribution in [0.1, 0.15) is 10.4 Å². The number of nitrogens with two attached hydrogens (primary N) is 1. The van der Waals surface area contributed by atoms with Gasteiger partial charge in [-0.05, 0) is 36.4 Å². The molecule has 0 saturated heterocycles. The van der Waals surface area contributed by atoms with Gasteiger partial charge in [-0.1, -0.05) is 0 Å². The Morgan fingerprint density at radius 3 is 2.50 bits per heavy atom. The zero-order valence-electron chi connectivity index (χ0n) is 10.3. The first-order chi connectivity index (χ1) is 9.56. The number of aromatic nitrogens is 2. The van der Waals surface area contributed by atoms with Gasteiger partial charge in [0.15, 0.2) is 0 Å². The number of hydrogen-bond acceptors (Lipinski definition) is 4. The van der Waals surface area contributed by atoms with E-state index in [1.165, 1.54) is 12.1 Å². The third-order valence-electron chi connectivity index (χ3n) is 3.04. The number of carbonyl (C=O) groups is 1. The van der Waals surface area contributed by atoms with Crippen molar-refractivity contribution in [1.82, 2.24) is 9.97 Å². The fraction of sp³-hybridized carbons (Fsp3) is 0. The number of aromatic hydroxyl groups is 1. The molecule has 6 nitrogen and oxygen atoms in total. The van der Waals surface area contributed by atoms with Crippen molar-refractivity contribution in [3.8, 4) is 17.1 Å². The van der Waals surface area contributed by atoms with Crippen LogP contribution in [0.25, 0.3) is 22.4 Å². The van der Waals surface area contributed by atoms with Crippen LogP contribution in [-0.2, 0) is 0 Å². The summed E-state index contributed by atoms with van der Waals surface area (Å²) in [4.78, 5) is 18.4. The second-order valence-corrected chi connectivity index (χ2v) is 4.37. The van der Waals surface area contributed by atoms with Crippen LogP contribution in [0.4, 0.5) is 5.69 Å². The first-order valence-electron chi connectivity index (χ1n) is 5.87. The van der Waals surface area contributed by atoms with Crippen LogP contribution in [-0.4, -0.2) is 26.2 Å². The van der Waals surface area contributed by atoms with Gasteiger partial charge in [0.05, 0.1) is 5.56 Å². The molecule has 3 rings (SSSR count). The molecule has 0 saturated carbocycles. The number of anilines is 1. The van der Waals surface area contributed by atoms with Crippen LogP contribution in [0.15, 0.2) is 36.4 Å². The van der Waals surface area contributed by atoms with E-state index in [1.54, 1.807) is 24.3 Å². The molecule has 0 unspecified atom stereocenters. The molecule has 20 heavy (non-hydrogen) atoms. The van der Waals surface area contributed by atoms with E-state index in [9.17, 15) is 9.90 Å². The molecule has 3 aromatic rings. The highest BCUT2D eigenvalue weighted by Gasteiger charge is 2.16. The van der Waals surface area contributed by atoms with E-state index >= 15 is 0 Å². The highest BCUT2D eigenvalue weighted by molar-refractivity contribution is 6.03. The van der Waals surface area contributed by atoms with E-state index in [4.69, 9.17) is 10.8 Å². The highest BCUT2D eigenvalue weighted by Crippen LogP contribution is 2.29. The molecule has 0 atom stereocenters. The smallest absolute Gasteiger partial charge is 0.337 e. The quantitative estimate of drug-likeness (QED) is 0.533. The third-order valence-corrected chi connectivity index (χ3v) is 3.04. The molecule has 0 aliphatic heterocycles. The Morgan fingerprint density at radius 1 is 1.15 bits per heavy atom. The number of nitrogens with one attached hydrogen (secondary N) is 1. The topological polar surface area (TPSA) is 112 Å². The van der Waals surface area contributed by atoms with Gasteiger partial charge in [0.2, 0.25) is 0 Å². The van der Waals surface area contributed by atoms with Gasteiger partial charge >= 0.3 is 5.97 Å². The molecular weight excluding hydrogens is 258 g/mol. The maximum atomic E-state index is 11.2. The number of H-pyrrole nitrogens is 1. The Morgan fingerprint density at radius 2 is 1.85 bits per heavy atom. The Labute approximate surface area is 113 Å². The first kappa shape index (κ1) is 12.0. The SMILES string of the molecule is Nc1ccc(-c2nc3c(C(=O)O)ccc(O)c3[nH]2)cc1. The van der Waals surface area contributed by atoms with Gasteiger partial charge in [0.25, 0.3) is 0 Å². The lowest BCUT2D eigenvalue weighted by Gasteiger charge is -1.97. The summed E-state index contributed by atoms with van der Waals surface area (Å²) in [5.41, 5.74) is 7.57. The predicted molar refractivity (Wildman–Crippen MR) is 74.6 cm³/mol. The van der Waals surface area contributed by atoms with Crippen LogP contribution in [0, 0.1) is 0 Å². The van der Waals surface area contributed by atoms with Crippen LogP contribution in [0.3, 0.4) is 0 Å². The van der Waals surface area contributed by atoms with Crippen LogP contribution in [0.2, 0.25) is 0 Å². The van der Waals surface area contributed by atoms with E-state index in [0.717, 1.165) is 5.56 Å². The van der Waals surface area contributed by atoms with Gasteiger partial charge in [-0.25, -0.2) is 9.78 Å². The number of carboxylic acid groups (broad SMARTS) is 1. The fourth-order valence-corrected chi connectivity index (χ4v) is 2.03. The summed E-state index contributed by atoms with van der Waals surface area (Å²) in [6.07, 6.45) is 0. The largest absolute Gasteiger partial charge is 0.506 e. The molecule has 1 heterocycles. The van der Waals surface area contributed by atoms with Crippen LogP contribution in [0.5, 0.6) is 5.75 Å². The van der Waals surface area contributed by atoms with Crippen molar-refractivity contribution in [2.24, 2.45) is 0 Å². The second-order valence-electron chi connectivity index (χ2n) is 4.37. The standard InChI is InChI=1S/C14H11N3O3/c15-8-3-1-7(2-4-8)13-16-11-9(14(19)20)5-6-10(18)12(11)17-13/h1-6,18H,15H2,(H,16,17)(H,19,20). The van der Waals surface area contributed by atoms with Gasteiger partial charge in [0, 0.05) is 11.3 Å². The number of nitrogens with zero attached hydrogens (tertiary/aromatic N) is 1. The number of nitrogen functional groups attached to an aromatic ring is 1.